The van der Waals surface area contributed by atoms with Crippen LogP contribution >= 0.6 is 0 Å². The summed E-state index contributed by atoms with van der Waals surface area (Å²) in [6.07, 6.45) is 0. The second-order valence-corrected chi connectivity index (χ2v) is 4.10. The molecule has 3 heteroatoms. The van der Waals surface area contributed by atoms with E-state index in [9.17, 15) is 0 Å². The van der Waals surface area contributed by atoms with Crippen LogP contribution in [0.4, 0.5) is 0 Å². The molecular formula is C10H17N3. The van der Waals surface area contributed by atoms with Gasteiger partial charge in [0.25, 0.3) is 0 Å². The zero-order chi connectivity index (χ0) is 9.42. The number of nitrogens with zero attached hydrogens (tertiary/aromatic N) is 2. The normalized spacial score (nSPS) is 17.8. The van der Waals surface area contributed by atoms with Gasteiger partial charge in [-0.15, -0.1) is 0 Å². The van der Waals surface area contributed by atoms with Gasteiger partial charge in [0.15, 0.2) is 0 Å². The van der Waals surface area contributed by atoms with E-state index in [1.807, 2.05) is 0 Å². The highest BCUT2D eigenvalue weighted by Gasteiger charge is 2.23. The monoisotopic (exact) mass is 179 g/mol. The second-order valence-electron chi connectivity index (χ2n) is 4.10. The summed E-state index contributed by atoms with van der Waals surface area (Å²) < 4.78 is 2.15. The average molecular weight is 179 g/mol. The molecule has 1 aromatic rings. The van der Waals surface area contributed by atoms with Crippen LogP contribution in [-0.4, -0.2) is 22.9 Å². The van der Waals surface area contributed by atoms with Crippen molar-refractivity contribution in [3.05, 3.63) is 17.5 Å². The van der Waals surface area contributed by atoms with E-state index in [0.29, 0.717) is 12.0 Å². The summed E-state index contributed by atoms with van der Waals surface area (Å²) in [4.78, 5) is 0. The number of aryl methyl sites for hydroxylation is 1. The quantitative estimate of drug-likeness (QED) is 0.745. The number of rotatable bonds is 2. The molecule has 0 atom stereocenters. The Kier molecular flexibility index (Phi) is 2.12. The highest BCUT2D eigenvalue weighted by Crippen LogP contribution is 2.23. The molecule has 13 heavy (non-hydrogen) atoms. The molecule has 1 aromatic heterocycles. The third-order valence-electron chi connectivity index (χ3n) is 2.58. The van der Waals surface area contributed by atoms with Gasteiger partial charge in [0.2, 0.25) is 0 Å². The van der Waals surface area contributed by atoms with E-state index in [-0.39, 0.29) is 0 Å². The highest BCUT2D eigenvalue weighted by atomic mass is 15.3. The predicted octanol–water partition coefficient (Wildman–Crippen LogP) is 1.46. The molecule has 0 bridgehead atoms. The van der Waals surface area contributed by atoms with Gasteiger partial charge >= 0.3 is 0 Å². The maximum absolute atomic E-state index is 4.50. The third kappa shape index (κ3) is 1.48. The van der Waals surface area contributed by atoms with Crippen LogP contribution in [0.15, 0.2) is 6.07 Å². The molecule has 0 spiro atoms. The minimum atomic E-state index is 0.476. The Morgan fingerprint density at radius 3 is 2.69 bits per heavy atom. The fourth-order valence-corrected chi connectivity index (χ4v) is 1.75. The first kappa shape index (κ1) is 8.75. The SMILES string of the molecule is Cc1cc(C2CNC2)n(C(C)C)n1. The molecule has 2 rings (SSSR count). The first-order valence-corrected chi connectivity index (χ1v) is 4.95. The number of hydrogen-bond donors (Lipinski definition) is 1. The van der Waals surface area contributed by atoms with Crippen molar-refractivity contribution in [2.24, 2.45) is 0 Å². The lowest BCUT2D eigenvalue weighted by atomic mass is 9.99. The Balaban J connectivity index is 2.31. The van der Waals surface area contributed by atoms with Crippen LogP contribution in [0.2, 0.25) is 0 Å². The summed E-state index contributed by atoms with van der Waals surface area (Å²) in [5, 5.41) is 7.80. The summed E-state index contributed by atoms with van der Waals surface area (Å²) in [6, 6.07) is 2.69. The van der Waals surface area contributed by atoms with Gasteiger partial charge in [-0.05, 0) is 26.8 Å². The van der Waals surface area contributed by atoms with Crippen molar-refractivity contribution < 1.29 is 0 Å². The molecule has 0 aromatic carbocycles. The fraction of sp³-hybridized carbons (Fsp3) is 0.700. The van der Waals surface area contributed by atoms with E-state index in [1.165, 1.54) is 5.69 Å². The molecule has 1 saturated heterocycles. The second kappa shape index (κ2) is 3.14. The number of nitrogens with one attached hydrogen (secondary N) is 1. The Hall–Kier alpha value is -0.830. The molecule has 1 N–H and O–H groups in total. The Morgan fingerprint density at radius 2 is 2.23 bits per heavy atom. The number of aromatic nitrogens is 2. The number of hydrogen-bond acceptors (Lipinski definition) is 2. The van der Waals surface area contributed by atoms with Gasteiger partial charge in [-0.2, -0.15) is 5.10 Å². The Labute approximate surface area is 79.1 Å². The van der Waals surface area contributed by atoms with E-state index in [0.717, 1.165) is 18.8 Å². The minimum absolute atomic E-state index is 0.476. The molecule has 72 valence electrons. The predicted molar refractivity (Wildman–Crippen MR) is 53.0 cm³/mol. The first-order chi connectivity index (χ1) is 6.18. The minimum Gasteiger partial charge on any atom is -0.315 e. The maximum atomic E-state index is 4.50. The smallest absolute Gasteiger partial charge is 0.0596 e. The lowest BCUT2D eigenvalue weighted by molar-refractivity contribution is 0.398. The maximum Gasteiger partial charge on any atom is 0.0596 e. The van der Waals surface area contributed by atoms with E-state index in [4.69, 9.17) is 0 Å². The molecule has 3 nitrogen and oxygen atoms in total. The summed E-state index contributed by atoms with van der Waals surface area (Å²) in [6.45, 7) is 8.65. The average Bonchev–Trinajstić information content (AvgIpc) is 2.27. The lowest BCUT2D eigenvalue weighted by Crippen LogP contribution is -2.41. The van der Waals surface area contributed by atoms with E-state index in [2.05, 4.69) is 41.9 Å². The van der Waals surface area contributed by atoms with Gasteiger partial charge < -0.3 is 5.32 Å². The highest BCUT2D eigenvalue weighted by molar-refractivity contribution is 5.18. The fourth-order valence-electron chi connectivity index (χ4n) is 1.75. The van der Waals surface area contributed by atoms with Crippen LogP contribution in [0.1, 0.15) is 37.2 Å². The summed E-state index contributed by atoms with van der Waals surface area (Å²) in [5.41, 5.74) is 2.53. The standard InChI is InChI=1S/C10H17N3/c1-7(2)13-10(4-8(3)12-13)9-5-11-6-9/h4,7,9,11H,5-6H2,1-3H3. The molecule has 1 aliphatic heterocycles. The van der Waals surface area contributed by atoms with Crippen molar-refractivity contribution in [3.63, 3.8) is 0 Å². The van der Waals surface area contributed by atoms with Crippen molar-refractivity contribution in [2.45, 2.75) is 32.7 Å². The van der Waals surface area contributed by atoms with Gasteiger partial charge in [-0.1, -0.05) is 0 Å². The Bertz CT molecular complexity index is 297. The van der Waals surface area contributed by atoms with Gasteiger partial charge in [-0.25, -0.2) is 0 Å². The molecule has 0 saturated carbocycles. The molecule has 2 heterocycles. The van der Waals surface area contributed by atoms with Gasteiger partial charge in [0.05, 0.1) is 5.69 Å². The molecular weight excluding hydrogens is 162 g/mol. The Morgan fingerprint density at radius 1 is 1.54 bits per heavy atom. The first-order valence-electron chi connectivity index (χ1n) is 4.95. The van der Waals surface area contributed by atoms with Crippen molar-refractivity contribution in [1.82, 2.24) is 15.1 Å². The van der Waals surface area contributed by atoms with Crippen LogP contribution < -0.4 is 5.32 Å². The van der Waals surface area contributed by atoms with Gasteiger partial charge in [-0.3, -0.25) is 4.68 Å². The molecule has 0 aliphatic carbocycles. The van der Waals surface area contributed by atoms with Gasteiger partial charge in [0, 0.05) is 30.7 Å². The largest absolute Gasteiger partial charge is 0.315 e. The van der Waals surface area contributed by atoms with Crippen LogP contribution in [-0.2, 0) is 0 Å². The summed E-state index contributed by atoms with van der Waals surface area (Å²) in [5.74, 6) is 0.684. The van der Waals surface area contributed by atoms with Crippen LogP contribution in [0.25, 0.3) is 0 Å². The van der Waals surface area contributed by atoms with E-state index in [1.54, 1.807) is 0 Å². The zero-order valence-corrected chi connectivity index (χ0v) is 8.54. The third-order valence-corrected chi connectivity index (χ3v) is 2.58. The molecule has 0 amide bonds. The van der Waals surface area contributed by atoms with Crippen molar-refractivity contribution in [1.29, 1.82) is 0 Å². The van der Waals surface area contributed by atoms with E-state index >= 15 is 0 Å². The zero-order valence-electron chi connectivity index (χ0n) is 8.54. The molecule has 1 aliphatic rings. The van der Waals surface area contributed by atoms with Crippen LogP contribution in [0, 0.1) is 6.92 Å². The summed E-state index contributed by atoms with van der Waals surface area (Å²) in [7, 11) is 0. The topological polar surface area (TPSA) is 29.9 Å². The van der Waals surface area contributed by atoms with Crippen LogP contribution in [0.3, 0.4) is 0 Å². The van der Waals surface area contributed by atoms with Crippen molar-refractivity contribution in [2.75, 3.05) is 13.1 Å². The summed E-state index contributed by atoms with van der Waals surface area (Å²) >= 11 is 0. The lowest BCUT2D eigenvalue weighted by Gasteiger charge is -2.28. The molecule has 1 fully saturated rings. The molecule has 0 unspecified atom stereocenters. The van der Waals surface area contributed by atoms with Crippen molar-refractivity contribution >= 4 is 0 Å². The molecule has 0 radical (unpaired) electrons. The van der Waals surface area contributed by atoms with Crippen molar-refractivity contribution in [3.8, 4) is 0 Å². The van der Waals surface area contributed by atoms with Crippen LogP contribution in [0.5, 0.6) is 0 Å². The van der Waals surface area contributed by atoms with E-state index < -0.39 is 0 Å². The van der Waals surface area contributed by atoms with Gasteiger partial charge in [0.1, 0.15) is 0 Å².